The van der Waals surface area contributed by atoms with E-state index >= 15 is 0 Å². The van der Waals surface area contributed by atoms with Gasteiger partial charge in [0.2, 0.25) is 0 Å². The molecule has 7 heteroatoms. The van der Waals surface area contributed by atoms with Gasteiger partial charge in [-0.25, -0.2) is 0 Å². The van der Waals surface area contributed by atoms with E-state index < -0.39 is 4.92 Å². The Morgan fingerprint density at radius 2 is 1.83 bits per heavy atom. The van der Waals surface area contributed by atoms with Gasteiger partial charge in [-0.05, 0) is 55.9 Å². The van der Waals surface area contributed by atoms with Crippen molar-refractivity contribution in [3.63, 3.8) is 0 Å². The molecule has 1 unspecified atom stereocenters. The van der Waals surface area contributed by atoms with E-state index in [4.69, 9.17) is 17.0 Å². The second kappa shape index (κ2) is 8.26. The third-order valence-corrected chi connectivity index (χ3v) is 3.59. The topological polar surface area (TPSA) is 76.4 Å². The minimum Gasteiger partial charge on any atom is -0.494 e. The number of hydrogen-bond donors (Lipinski definition) is 2. The first-order valence-corrected chi connectivity index (χ1v) is 7.95. The summed E-state index contributed by atoms with van der Waals surface area (Å²) in [4.78, 5) is 10.2. The van der Waals surface area contributed by atoms with Gasteiger partial charge in [-0.1, -0.05) is 12.1 Å². The van der Waals surface area contributed by atoms with Crippen LogP contribution in [0.1, 0.15) is 25.5 Å². The van der Waals surface area contributed by atoms with Gasteiger partial charge in [-0.15, -0.1) is 0 Å². The predicted octanol–water partition coefficient (Wildman–Crippen LogP) is 4.04. The number of nitro benzene ring substituents is 1. The third kappa shape index (κ3) is 4.92. The molecule has 0 saturated heterocycles. The molecule has 0 saturated carbocycles. The van der Waals surface area contributed by atoms with E-state index in [2.05, 4.69) is 10.6 Å². The molecule has 6 nitrogen and oxygen atoms in total. The van der Waals surface area contributed by atoms with Crippen LogP contribution in [0.15, 0.2) is 48.5 Å². The number of hydrogen-bond acceptors (Lipinski definition) is 4. The van der Waals surface area contributed by atoms with Gasteiger partial charge >= 0.3 is 0 Å². The van der Waals surface area contributed by atoms with Crippen molar-refractivity contribution in [2.45, 2.75) is 19.9 Å². The first-order valence-electron chi connectivity index (χ1n) is 7.54. The van der Waals surface area contributed by atoms with Crippen molar-refractivity contribution in [3.8, 4) is 5.75 Å². The molecule has 0 aromatic heterocycles. The lowest BCUT2D eigenvalue weighted by Crippen LogP contribution is -2.30. The summed E-state index contributed by atoms with van der Waals surface area (Å²) in [5.74, 6) is 0.833. The fourth-order valence-corrected chi connectivity index (χ4v) is 2.43. The highest BCUT2D eigenvalue weighted by Crippen LogP contribution is 2.18. The maximum absolute atomic E-state index is 10.6. The number of nitrogens with zero attached hydrogens (tertiary/aromatic N) is 1. The lowest BCUT2D eigenvalue weighted by Gasteiger charge is -2.17. The average molecular weight is 345 g/mol. The zero-order valence-corrected chi connectivity index (χ0v) is 14.3. The van der Waals surface area contributed by atoms with Gasteiger partial charge in [0.05, 0.1) is 17.6 Å². The van der Waals surface area contributed by atoms with Crippen molar-refractivity contribution in [1.29, 1.82) is 0 Å². The van der Waals surface area contributed by atoms with E-state index in [0.717, 1.165) is 11.3 Å². The molecule has 0 aliphatic carbocycles. The molecule has 0 fully saturated rings. The molecule has 0 heterocycles. The highest BCUT2D eigenvalue weighted by atomic mass is 32.1. The second-order valence-electron chi connectivity index (χ2n) is 5.13. The van der Waals surface area contributed by atoms with Gasteiger partial charge in [0.25, 0.3) is 5.69 Å². The molecule has 0 aliphatic rings. The van der Waals surface area contributed by atoms with Crippen LogP contribution in [0.2, 0.25) is 0 Å². The minimum atomic E-state index is -0.436. The number of benzene rings is 2. The molecule has 0 bridgehead atoms. The van der Waals surface area contributed by atoms with Crippen molar-refractivity contribution in [1.82, 2.24) is 5.32 Å². The quantitative estimate of drug-likeness (QED) is 0.467. The van der Waals surface area contributed by atoms with Gasteiger partial charge < -0.3 is 15.4 Å². The van der Waals surface area contributed by atoms with Crippen LogP contribution in [0, 0.1) is 10.1 Å². The zero-order valence-electron chi connectivity index (χ0n) is 13.5. The fraction of sp³-hybridized carbons (Fsp3) is 0.235. The van der Waals surface area contributed by atoms with Gasteiger partial charge in [0.15, 0.2) is 5.11 Å². The Labute approximate surface area is 146 Å². The third-order valence-electron chi connectivity index (χ3n) is 3.37. The Balaban J connectivity index is 1.92. The zero-order chi connectivity index (χ0) is 17.5. The summed E-state index contributed by atoms with van der Waals surface area (Å²) in [5, 5.41) is 17.3. The predicted molar refractivity (Wildman–Crippen MR) is 98.5 cm³/mol. The van der Waals surface area contributed by atoms with Crippen molar-refractivity contribution in [2.24, 2.45) is 0 Å². The highest BCUT2D eigenvalue weighted by molar-refractivity contribution is 7.80. The van der Waals surface area contributed by atoms with Gasteiger partial charge in [0, 0.05) is 17.8 Å². The fourth-order valence-electron chi connectivity index (χ4n) is 2.13. The summed E-state index contributed by atoms with van der Waals surface area (Å²) in [5.41, 5.74) is 1.81. The summed E-state index contributed by atoms with van der Waals surface area (Å²) in [6.45, 7) is 4.58. The number of nitro groups is 1. The van der Waals surface area contributed by atoms with Gasteiger partial charge in [-0.3, -0.25) is 10.1 Å². The van der Waals surface area contributed by atoms with Crippen molar-refractivity contribution in [2.75, 3.05) is 11.9 Å². The molecular weight excluding hydrogens is 326 g/mol. The number of non-ortho nitro benzene ring substituents is 1. The number of thiocarbonyl (C=S) groups is 1. The molecule has 0 amide bonds. The normalized spacial score (nSPS) is 11.4. The van der Waals surface area contributed by atoms with Crippen molar-refractivity contribution >= 4 is 28.7 Å². The van der Waals surface area contributed by atoms with Gasteiger partial charge in [0.1, 0.15) is 5.75 Å². The summed E-state index contributed by atoms with van der Waals surface area (Å²) < 4.78 is 5.42. The smallest absolute Gasteiger partial charge is 0.269 e. The van der Waals surface area contributed by atoms with Crippen LogP contribution in [0.25, 0.3) is 0 Å². The Kier molecular flexibility index (Phi) is 6.08. The molecule has 2 N–H and O–H groups in total. The Bertz CT molecular complexity index is 702. The maximum atomic E-state index is 10.6. The molecular formula is C17H19N3O3S. The van der Waals surface area contributed by atoms with Crippen LogP contribution in [0.5, 0.6) is 5.75 Å². The molecule has 126 valence electrons. The van der Waals surface area contributed by atoms with E-state index in [9.17, 15) is 10.1 Å². The Morgan fingerprint density at radius 3 is 2.38 bits per heavy atom. The molecule has 24 heavy (non-hydrogen) atoms. The molecule has 2 aromatic carbocycles. The lowest BCUT2D eigenvalue weighted by atomic mass is 10.1. The van der Waals surface area contributed by atoms with E-state index in [1.54, 1.807) is 12.1 Å². The van der Waals surface area contributed by atoms with E-state index in [1.165, 1.54) is 12.1 Å². The minimum absolute atomic E-state index is 0.0127. The SMILES string of the molecule is CCOc1ccc(C(C)NC(=S)Nc2ccc([N+](=O)[O-])cc2)cc1. The summed E-state index contributed by atoms with van der Waals surface area (Å²) in [6, 6.07) is 13.9. The van der Waals surface area contributed by atoms with Crippen LogP contribution in [0.4, 0.5) is 11.4 Å². The van der Waals surface area contributed by atoms with Crippen LogP contribution in [-0.2, 0) is 0 Å². The highest BCUT2D eigenvalue weighted by Gasteiger charge is 2.09. The lowest BCUT2D eigenvalue weighted by molar-refractivity contribution is -0.384. The van der Waals surface area contributed by atoms with E-state index in [-0.39, 0.29) is 11.7 Å². The molecule has 0 spiro atoms. The summed E-state index contributed by atoms with van der Waals surface area (Å²) in [7, 11) is 0. The van der Waals surface area contributed by atoms with Crippen LogP contribution >= 0.6 is 12.2 Å². The Morgan fingerprint density at radius 1 is 1.21 bits per heavy atom. The largest absolute Gasteiger partial charge is 0.494 e. The molecule has 2 rings (SSSR count). The van der Waals surface area contributed by atoms with Crippen LogP contribution in [0.3, 0.4) is 0 Å². The number of rotatable bonds is 6. The van der Waals surface area contributed by atoms with E-state index in [0.29, 0.717) is 17.4 Å². The van der Waals surface area contributed by atoms with Crippen molar-refractivity contribution < 1.29 is 9.66 Å². The summed E-state index contributed by atoms with van der Waals surface area (Å²) >= 11 is 5.28. The molecule has 0 aliphatic heterocycles. The molecule has 2 aromatic rings. The first-order chi connectivity index (χ1) is 11.5. The van der Waals surface area contributed by atoms with Crippen LogP contribution < -0.4 is 15.4 Å². The number of ether oxygens (including phenoxy) is 1. The molecule has 1 atom stereocenters. The van der Waals surface area contributed by atoms with E-state index in [1.807, 2.05) is 38.1 Å². The maximum Gasteiger partial charge on any atom is 0.269 e. The first kappa shape index (κ1) is 17.7. The second-order valence-corrected chi connectivity index (χ2v) is 5.53. The van der Waals surface area contributed by atoms with Crippen molar-refractivity contribution in [3.05, 3.63) is 64.2 Å². The molecule has 0 radical (unpaired) electrons. The van der Waals surface area contributed by atoms with Crippen LogP contribution in [-0.4, -0.2) is 16.6 Å². The monoisotopic (exact) mass is 345 g/mol. The Hall–Kier alpha value is -2.67. The van der Waals surface area contributed by atoms with Gasteiger partial charge in [-0.2, -0.15) is 0 Å². The number of nitrogens with one attached hydrogen (secondary N) is 2. The summed E-state index contributed by atoms with van der Waals surface area (Å²) in [6.07, 6.45) is 0. The number of anilines is 1. The standard InChI is InChI=1S/C17H19N3O3S/c1-3-23-16-10-4-13(5-11-16)12(2)18-17(24)19-14-6-8-15(9-7-14)20(21)22/h4-12H,3H2,1-2H3,(H2,18,19,24). The average Bonchev–Trinajstić information content (AvgIpc) is 2.56.